The van der Waals surface area contributed by atoms with Crippen molar-refractivity contribution in [2.24, 2.45) is 5.73 Å². The molecule has 0 bridgehead atoms. The summed E-state index contributed by atoms with van der Waals surface area (Å²) < 4.78 is 49.1. The molecule has 0 aliphatic carbocycles. The summed E-state index contributed by atoms with van der Waals surface area (Å²) in [4.78, 5) is 285. The molecule has 3 heterocycles. The lowest BCUT2D eigenvalue weighted by Gasteiger charge is -2.35. The second kappa shape index (κ2) is 72.4. The number of fused-ring (bicyclic) bond motifs is 1. The lowest BCUT2D eigenvalue weighted by Crippen LogP contribution is -2.60. The zero-order chi connectivity index (χ0) is 102. The number of carbonyl (C=O) groups excluding carboxylic acids is 20. The first-order chi connectivity index (χ1) is 67.3. The standard InChI is InChI=1S/C89H136N18O33/c1-2-11-63(90)54-62-18-19-67-66(55-62)103-74(114)16-9-32-99-88(130)64(12-3-5-28-91-68(108)24-38-132-46-50-136-42-34-95-70(110)26-40-134-48-52-138-44-36-97-75(115)56-85(125)126)101-72(112)14-7-30-93-77(117)58-106(83(123)60-104-79(119)20-21-80(104)120)107(84(124)61-105-81(121)22-23-82(105)122)59-78(118)94-31-8-15-73(113)102-65(89(131)100-33-10-17-87(129)140-67)13-4-6-29-92-69(109)25-39-133-47-51-137-43-35-96-71(111)27-41-135-49-53-139-45-37-98-76(116)57-86(127)128/h18-23,55,63-65H,2-17,24-54,56-61,90H2,1H3,(H,91,108)(H,92,109)(H,93,117)(H,94,118)(H,95,110)(H,96,111)(H,97,115)(H,98,116)(H,99,130)(H,100,131)(H,101,112)(H,102,113)(H,103,114)(H,125,126)(H,127,128)/t63-,64+,65+/m1/s1. The molecule has 0 saturated heterocycles. The minimum absolute atomic E-state index is 0.00889. The number of nitrogens with zero attached hydrogens (tertiary/aromatic N) is 4. The molecule has 51 nitrogen and oxygen atoms in total. The van der Waals surface area contributed by atoms with Crippen LogP contribution in [0.25, 0.3) is 0 Å². The number of hydrazine groups is 1. The fourth-order valence-electron chi connectivity index (χ4n) is 13.0. The largest absolute Gasteiger partial charge is 0.481 e. The van der Waals surface area contributed by atoms with Gasteiger partial charge in [-0.05, 0) is 94.7 Å². The van der Waals surface area contributed by atoms with Crippen molar-refractivity contribution < 1.29 is 158 Å². The zero-order valence-electron chi connectivity index (χ0n) is 79.2. The molecular weight excluding hydrogens is 1850 g/mol. The second-order valence-corrected chi connectivity index (χ2v) is 31.8. The van der Waals surface area contributed by atoms with E-state index in [0.717, 1.165) is 30.7 Å². The van der Waals surface area contributed by atoms with Gasteiger partial charge in [0, 0.05) is 147 Å². The summed E-state index contributed by atoms with van der Waals surface area (Å²) in [6.07, 6.45) is 4.13. The Morgan fingerprint density at radius 2 is 0.750 bits per heavy atom. The Balaban J connectivity index is 1.41. The molecule has 3 aliphatic rings. The Morgan fingerprint density at radius 3 is 1.11 bits per heavy atom. The number of amides is 19. The van der Waals surface area contributed by atoms with E-state index >= 15 is 0 Å². The van der Waals surface area contributed by atoms with E-state index < -0.39 is 158 Å². The summed E-state index contributed by atoms with van der Waals surface area (Å²) in [7, 11) is 0. The van der Waals surface area contributed by atoms with E-state index in [2.05, 4.69) is 69.1 Å². The number of anilines is 1. The molecule has 0 aromatic heterocycles. The van der Waals surface area contributed by atoms with Gasteiger partial charge < -0.3 is 128 Å². The highest BCUT2D eigenvalue weighted by Gasteiger charge is 2.37. The molecule has 0 unspecified atom stereocenters. The van der Waals surface area contributed by atoms with E-state index in [1.165, 1.54) is 6.07 Å². The van der Waals surface area contributed by atoms with Crippen LogP contribution in [0.4, 0.5) is 5.69 Å². The smallest absolute Gasteiger partial charge is 0.312 e. The summed E-state index contributed by atoms with van der Waals surface area (Å²) in [6, 6.07) is 2.20. The number of unbranched alkanes of at least 4 members (excludes halogenated alkanes) is 2. The minimum Gasteiger partial charge on any atom is -0.481 e. The number of imide groups is 2. The topological polar surface area (TPSA) is 694 Å². The first kappa shape index (κ1) is 119. The van der Waals surface area contributed by atoms with Gasteiger partial charge in [0.05, 0.1) is 111 Å². The minimum atomic E-state index is -1.30. The van der Waals surface area contributed by atoms with E-state index in [4.69, 9.17) is 58.6 Å². The monoisotopic (exact) mass is 1980 g/mol. The number of ether oxygens (including phenoxy) is 9. The molecule has 0 fully saturated rings. The van der Waals surface area contributed by atoms with Gasteiger partial charge in [-0.2, -0.15) is 0 Å². The number of rotatable bonds is 58. The summed E-state index contributed by atoms with van der Waals surface area (Å²) in [5.74, 6) is -17.5. The molecule has 51 heteroatoms. The Morgan fingerprint density at radius 1 is 0.414 bits per heavy atom. The van der Waals surface area contributed by atoms with Crippen LogP contribution in [0.2, 0.25) is 0 Å². The van der Waals surface area contributed by atoms with Gasteiger partial charge in [0.15, 0.2) is 5.75 Å². The number of carbonyl (C=O) groups is 22. The molecular formula is C89H136N18O33. The van der Waals surface area contributed by atoms with Gasteiger partial charge in [0.2, 0.25) is 76.8 Å². The van der Waals surface area contributed by atoms with E-state index in [9.17, 15) is 105 Å². The normalized spacial score (nSPS) is 16.4. The first-order valence-corrected chi connectivity index (χ1v) is 46.7. The number of carboxylic acid groups (broad SMARTS) is 2. The summed E-state index contributed by atoms with van der Waals surface area (Å²) in [5.41, 5.74) is 7.26. The van der Waals surface area contributed by atoms with Crippen LogP contribution in [-0.4, -0.2) is 376 Å². The Bertz CT molecular complexity index is 4250. The molecule has 19 amide bonds. The van der Waals surface area contributed by atoms with Crippen molar-refractivity contribution in [3.8, 4) is 5.75 Å². The van der Waals surface area contributed by atoms with Crippen molar-refractivity contribution in [2.75, 3.05) is 203 Å². The summed E-state index contributed by atoms with van der Waals surface area (Å²) in [5, 5.41) is 52.5. The maximum atomic E-state index is 14.4. The SMILES string of the molecule is CCC[C@@H](N)Cc1ccc2c(c1)NC(=O)CCCNC(=O)[C@H](CCCCNC(=O)CCOCCOCCNC(=O)CCOCCOCCNC(=O)CC(=O)O)NC(=O)CCCNC(=O)CN(C(=O)CN1C(=O)C=CC1=O)N(C(=O)CN1C(=O)C=CC1=O)CC(=O)NCCCC(=O)N[C@@H](CCCCNC(=O)CCOCCOCCNC(=O)CCOCCOCCNC(=O)CC(=O)O)C(=O)NCCCC(=O)O2. The Labute approximate surface area is 809 Å². The number of nitrogens with two attached hydrogens (primary N) is 1. The maximum Gasteiger partial charge on any atom is 0.312 e. The van der Waals surface area contributed by atoms with Crippen LogP contribution in [-0.2, 0) is 150 Å². The number of carboxylic acids is 2. The van der Waals surface area contributed by atoms with Crippen LogP contribution < -0.4 is 79.6 Å². The quantitative estimate of drug-likeness (QED) is 0.00953. The van der Waals surface area contributed by atoms with Gasteiger partial charge in [-0.3, -0.25) is 115 Å². The zero-order valence-corrected chi connectivity index (χ0v) is 79.2. The average molecular weight is 1990 g/mol. The van der Waals surface area contributed by atoms with Crippen molar-refractivity contribution in [3.05, 3.63) is 48.1 Å². The van der Waals surface area contributed by atoms with Crippen molar-refractivity contribution in [1.82, 2.24) is 83.6 Å². The van der Waals surface area contributed by atoms with Gasteiger partial charge in [0.25, 0.3) is 35.4 Å². The third kappa shape index (κ3) is 56.2. The van der Waals surface area contributed by atoms with E-state index in [0.29, 0.717) is 51.1 Å². The lowest BCUT2D eigenvalue weighted by molar-refractivity contribution is -0.170. The molecule has 780 valence electrons. The van der Waals surface area contributed by atoms with Gasteiger partial charge in [-0.1, -0.05) is 19.4 Å². The molecule has 0 radical (unpaired) electrons. The molecule has 3 atom stereocenters. The molecule has 0 saturated carbocycles. The first-order valence-electron chi connectivity index (χ1n) is 46.7. The molecule has 3 aliphatic heterocycles. The van der Waals surface area contributed by atoms with Gasteiger partial charge in [-0.25, -0.2) is 10.0 Å². The van der Waals surface area contributed by atoms with Gasteiger partial charge >= 0.3 is 17.9 Å². The molecule has 1 aromatic rings. The second-order valence-electron chi connectivity index (χ2n) is 31.8. The fourth-order valence-corrected chi connectivity index (χ4v) is 13.0. The van der Waals surface area contributed by atoms with Crippen LogP contribution in [0.5, 0.6) is 5.75 Å². The molecule has 140 heavy (non-hydrogen) atoms. The number of hydrogen-bond donors (Lipinski definition) is 16. The third-order valence-electron chi connectivity index (χ3n) is 20.1. The molecule has 17 N–H and O–H groups in total. The number of aliphatic carboxylic acids is 2. The van der Waals surface area contributed by atoms with Crippen LogP contribution >= 0.6 is 0 Å². The molecule has 1 aromatic carbocycles. The maximum absolute atomic E-state index is 14.4. The Kier molecular flexibility index (Phi) is 61.7. The van der Waals surface area contributed by atoms with Crippen LogP contribution in [0.15, 0.2) is 42.5 Å². The Hall–Kier alpha value is -12.9. The number of benzene rings is 1. The number of nitrogens with one attached hydrogen (secondary N) is 13. The fraction of sp³-hybridized carbons (Fsp3) is 0.640. The van der Waals surface area contributed by atoms with Crippen molar-refractivity contribution in [2.45, 2.75) is 173 Å². The van der Waals surface area contributed by atoms with E-state index in [1.807, 2.05) is 6.92 Å². The lowest BCUT2D eigenvalue weighted by atomic mass is 10.0. The highest BCUT2D eigenvalue weighted by Crippen LogP contribution is 2.28. The van der Waals surface area contributed by atoms with Crippen molar-refractivity contribution >= 4 is 136 Å². The van der Waals surface area contributed by atoms with Crippen LogP contribution in [0.1, 0.15) is 154 Å². The average Bonchev–Trinajstić information content (AvgIpc) is 1.56. The number of esters is 1. The predicted molar refractivity (Wildman–Crippen MR) is 491 cm³/mol. The molecule has 4 rings (SSSR count). The van der Waals surface area contributed by atoms with Crippen molar-refractivity contribution in [3.63, 3.8) is 0 Å². The van der Waals surface area contributed by atoms with Crippen LogP contribution in [0.3, 0.4) is 0 Å². The predicted octanol–water partition coefficient (Wildman–Crippen LogP) is -5.13. The summed E-state index contributed by atoms with van der Waals surface area (Å²) in [6.45, 7) is 0.130. The number of hydrogen-bond acceptors (Lipinski definition) is 32. The summed E-state index contributed by atoms with van der Waals surface area (Å²) >= 11 is 0. The highest BCUT2D eigenvalue weighted by atomic mass is 16.5. The van der Waals surface area contributed by atoms with Gasteiger partial charge in [0.1, 0.15) is 51.1 Å². The molecule has 0 spiro atoms. The van der Waals surface area contributed by atoms with E-state index in [1.54, 1.807) is 12.1 Å². The van der Waals surface area contributed by atoms with Crippen LogP contribution in [0, 0.1) is 0 Å². The third-order valence-corrected chi connectivity index (χ3v) is 20.1. The van der Waals surface area contributed by atoms with Crippen molar-refractivity contribution in [1.29, 1.82) is 0 Å². The highest BCUT2D eigenvalue weighted by molar-refractivity contribution is 6.15. The van der Waals surface area contributed by atoms with E-state index in [-0.39, 0.29) is 315 Å². The van der Waals surface area contributed by atoms with Gasteiger partial charge in [-0.15, -0.1) is 0 Å².